The Hall–Kier alpha value is -0.970. The Kier molecular flexibility index (Phi) is 13.3. The van der Waals surface area contributed by atoms with E-state index in [1.54, 1.807) is 0 Å². The van der Waals surface area contributed by atoms with Crippen LogP contribution in [0.15, 0.2) is 24.3 Å². The predicted octanol–water partition coefficient (Wildman–Crippen LogP) is 3.10. The second-order valence-electron chi connectivity index (χ2n) is 5.03. The first-order valence-corrected chi connectivity index (χ1v) is 7.42. The molecule has 0 aromatic heterocycles. The number of rotatable bonds is 8. The summed E-state index contributed by atoms with van der Waals surface area (Å²) in [7, 11) is 1.89. The number of hydrogen-bond acceptors (Lipinski definition) is 3. The third-order valence-electron chi connectivity index (χ3n) is 3.43. The van der Waals surface area contributed by atoms with Gasteiger partial charge in [0, 0.05) is 36.9 Å². The van der Waals surface area contributed by atoms with Gasteiger partial charge in [-0.1, -0.05) is 6.92 Å². The van der Waals surface area contributed by atoms with Gasteiger partial charge in [-0.2, -0.15) is 0 Å². The Bertz CT molecular complexity index is 412. The van der Waals surface area contributed by atoms with Crippen LogP contribution in [0, 0.1) is 0 Å². The highest BCUT2D eigenvalue weighted by Gasteiger charge is 2.08. The molecule has 4 nitrogen and oxygen atoms in total. The molecule has 0 aliphatic carbocycles. The van der Waals surface area contributed by atoms with Crippen LogP contribution in [0.5, 0.6) is 0 Å². The van der Waals surface area contributed by atoms with Crippen molar-refractivity contribution in [1.29, 1.82) is 0 Å². The molecular formula is C16H29Cl2N3O. The van der Waals surface area contributed by atoms with Crippen LogP contribution in [0.25, 0.3) is 0 Å². The standard InChI is InChI=1S/C16H27N3O.2ClH/c1-5-11-19(6-2)15-9-7-14(8-10-15)16(20)18-12-13(3)17-4;;/h7-10,13,17H,5-6,11-12H2,1-4H3,(H,18,20);2*1H. The molecule has 0 radical (unpaired) electrons. The first-order chi connectivity index (χ1) is 9.62. The molecule has 0 saturated heterocycles. The van der Waals surface area contributed by atoms with Gasteiger partial charge in [0.15, 0.2) is 0 Å². The number of halogens is 2. The van der Waals surface area contributed by atoms with Gasteiger partial charge in [0.1, 0.15) is 0 Å². The highest BCUT2D eigenvalue weighted by molar-refractivity contribution is 5.94. The van der Waals surface area contributed by atoms with Crippen molar-refractivity contribution in [2.75, 3.05) is 31.6 Å². The number of benzene rings is 1. The molecule has 0 aliphatic rings. The van der Waals surface area contributed by atoms with Crippen molar-refractivity contribution in [2.24, 2.45) is 0 Å². The zero-order chi connectivity index (χ0) is 15.0. The van der Waals surface area contributed by atoms with Crippen molar-refractivity contribution < 1.29 is 4.79 Å². The van der Waals surface area contributed by atoms with Crippen molar-refractivity contribution >= 4 is 36.4 Å². The van der Waals surface area contributed by atoms with E-state index >= 15 is 0 Å². The molecule has 1 aromatic carbocycles. The van der Waals surface area contributed by atoms with Gasteiger partial charge in [-0.15, -0.1) is 24.8 Å². The van der Waals surface area contributed by atoms with Crippen LogP contribution in [0.3, 0.4) is 0 Å². The molecule has 0 bridgehead atoms. The second-order valence-corrected chi connectivity index (χ2v) is 5.03. The van der Waals surface area contributed by atoms with E-state index < -0.39 is 0 Å². The molecule has 1 rings (SSSR count). The van der Waals surface area contributed by atoms with Crippen LogP contribution >= 0.6 is 24.8 Å². The van der Waals surface area contributed by atoms with E-state index in [9.17, 15) is 4.79 Å². The average Bonchev–Trinajstić information content (AvgIpc) is 2.50. The van der Waals surface area contributed by atoms with Crippen molar-refractivity contribution in [1.82, 2.24) is 10.6 Å². The highest BCUT2D eigenvalue weighted by Crippen LogP contribution is 2.15. The lowest BCUT2D eigenvalue weighted by Gasteiger charge is -2.22. The lowest BCUT2D eigenvalue weighted by atomic mass is 10.1. The van der Waals surface area contributed by atoms with Gasteiger partial charge >= 0.3 is 0 Å². The van der Waals surface area contributed by atoms with Gasteiger partial charge < -0.3 is 15.5 Å². The van der Waals surface area contributed by atoms with Crippen molar-refractivity contribution in [3.63, 3.8) is 0 Å². The Morgan fingerprint density at radius 1 is 1.18 bits per heavy atom. The maximum atomic E-state index is 12.0. The topological polar surface area (TPSA) is 44.4 Å². The number of carbonyl (C=O) groups excluding carboxylic acids is 1. The Morgan fingerprint density at radius 2 is 1.77 bits per heavy atom. The molecule has 0 fully saturated rings. The predicted molar refractivity (Wildman–Crippen MR) is 100.0 cm³/mol. The second kappa shape index (κ2) is 12.6. The maximum absolute atomic E-state index is 12.0. The molecular weight excluding hydrogens is 321 g/mol. The Morgan fingerprint density at radius 3 is 2.23 bits per heavy atom. The van der Waals surface area contributed by atoms with E-state index in [4.69, 9.17) is 0 Å². The third-order valence-corrected chi connectivity index (χ3v) is 3.43. The fraction of sp³-hybridized carbons (Fsp3) is 0.562. The highest BCUT2D eigenvalue weighted by atomic mass is 35.5. The number of nitrogens with one attached hydrogen (secondary N) is 2. The Labute approximate surface area is 146 Å². The zero-order valence-electron chi connectivity index (χ0n) is 13.9. The Balaban J connectivity index is 0. The van der Waals surface area contributed by atoms with E-state index in [1.165, 1.54) is 5.69 Å². The summed E-state index contributed by atoms with van der Waals surface area (Å²) in [6, 6.07) is 8.11. The minimum absolute atomic E-state index is 0. The molecule has 1 amide bonds. The molecule has 1 aromatic rings. The molecule has 22 heavy (non-hydrogen) atoms. The lowest BCUT2D eigenvalue weighted by Crippen LogP contribution is -2.37. The lowest BCUT2D eigenvalue weighted by molar-refractivity contribution is 0.0950. The molecule has 1 atom stereocenters. The van der Waals surface area contributed by atoms with Crippen LogP contribution in [0.4, 0.5) is 5.69 Å². The molecule has 0 spiro atoms. The van der Waals surface area contributed by atoms with Crippen LogP contribution < -0.4 is 15.5 Å². The number of hydrogen-bond donors (Lipinski definition) is 2. The number of carbonyl (C=O) groups is 1. The molecule has 6 heteroatoms. The maximum Gasteiger partial charge on any atom is 0.251 e. The monoisotopic (exact) mass is 349 g/mol. The van der Waals surface area contributed by atoms with Crippen molar-refractivity contribution in [2.45, 2.75) is 33.2 Å². The van der Waals surface area contributed by atoms with Gasteiger partial charge in [-0.05, 0) is 51.6 Å². The molecule has 1 unspecified atom stereocenters. The fourth-order valence-electron chi connectivity index (χ4n) is 2.01. The average molecular weight is 350 g/mol. The van der Waals surface area contributed by atoms with Crippen molar-refractivity contribution in [3.05, 3.63) is 29.8 Å². The summed E-state index contributed by atoms with van der Waals surface area (Å²) < 4.78 is 0. The van der Waals surface area contributed by atoms with E-state index in [0.717, 1.165) is 19.5 Å². The van der Waals surface area contributed by atoms with E-state index in [2.05, 4.69) is 29.4 Å². The summed E-state index contributed by atoms with van der Waals surface area (Å²) in [4.78, 5) is 14.3. The van der Waals surface area contributed by atoms with E-state index in [0.29, 0.717) is 12.1 Å². The van der Waals surface area contributed by atoms with Gasteiger partial charge in [0.2, 0.25) is 0 Å². The zero-order valence-corrected chi connectivity index (χ0v) is 15.5. The fourth-order valence-corrected chi connectivity index (χ4v) is 2.01. The van der Waals surface area contributed by atoms with E-state index in [1.807, 2.05) is 38.2 Å². The van der Waals surface area contributed by atoms with Crippen LogP contribution in [0.2, 0.25) is 0 Å². The summed E-state index contributed by atoms with van der Waals surface area (Å²) in [5.74, 6) is -0.0165. The third kappa shape index (κ3) is 7.34. The van der Waals surface area contributed by atoms with Crippen LogP contribution in [-0.4, -0.2) is 38.6 Å². The minimum Gasteiger partial charge on any atom is -0.372 e. The summed E-state index contributed by atoms with van der Waals surface area (Å²) in [6.07, 6.45) is 1.12. The largest absolute Gasteiger partial charge is 0.372 e. The number of nitrogens with zero attached hydrogens (tertiary/aromatic N) is 1. The summed E-state index contributed by atoms with van der Waals surface area (Å²) in [5, 5.41) is 6.02. The van der Waals surface area contributed by atoms with Gasteiger partial charge in [-0.3, -0.25) is 4.79 Å². The molecule has 128 valence electrons. The first kappa shape index (κ1) is 23.3. The first-order valence-electron chi connectivity index (χ1n) is 7.42. The van der Waals surface area contributed by atoms with Crippen LogP contribution in [-0.2, 0) is 0 Å². The summed E-state index contributed by atoms with van der Waals surface area (Å²) >= 11 is 0. The number of likely N-dealkylation sites (N-methyl/N-ethyl adjacent to an activating group) is 1. The number of anilines is 1. The van der Waals surface area contributed by atoms with E-state index in [-0.39, 0.29) is 36.8 Å². The SMILES string of the molecule is CCCN(CC)c1ccc(C(=O)NCC(C)NC)cc1.Cl.Cl. The normalized spacial score (nSPS) is 10.9. The number of amides is 1. The summed E-state index contributed by atoms with van der Waals surface area (Å²) in [5.41, 5.74) is 1.89. The summed E-state index contributed by atoms with van der Waals surface area (Å²) in [6.45, 7) is 9.02. The molecule has 2 N–H and O–H groups in total. The quantitative estimate of drug-likeness (QED) is 0.757. The molecule has 0 saturated carbocycles. The van der Waals surface area contributed by atoms with Crippen molar-refractivity contribution in [3.8, 4) is 0 Å². The van der Waals surface area contributed by atoms with Crippen LogP contribution in [0.1, 0.15) is 37.6 Å². The minimum atomic E-state index is -0.0165. The molecule has 0 aliphatic heterocycles. The van der Waals surface area contributed by atoms with Gasteiger partial charge in [-0.25, -0.2) is 0 Å². The van der Waals surface area contributed by atoms with Gasteiger partial charge in [0.25, 0.3) is 5.91 Å². The molecule has 0 heterocycles. The van der Waals surface area contributed by atoms with Gasteiger partial charge in [0.05, 0.1) is 0 Å². The smallest absolute Gasteiger partial charge is 0.251 e.